The molecule has 1 rings (SSSR count). The van der Waals surface area contributed by atoms with Gasteiger partial charge in [-0.2, -0.15) is 0 Å². The van der Waals surface area contributed by atoms with Gasteiger partial charge in [-0.25, -0.2) is 0 Å². The van der Waals surface area contributed by atoms with Crippen molar-refractivity contribution in [1.82, 2.24) is 5.32 Å². The zero-order valence-corrected chi connectivity index (χ0v) is 13.6. The van der Waals surface area contributed by atoms with Gasteiger partial charge in [0.2, 0.25) is 0 Å². The summed E-state index contributed by atoms with van der Waals surface area (Å²) in [5, 5.41) is 4.36. The molecule has 17 heavy (non-hydrogen) atoms. The quantitative estimate of drug-likeness (QED) is 0.768. The summed E-state index contributed by atoms with van der Waals surface area (Å²) in [6.45, 7) is 3.99. The highest BCUT2D eigenvalue weighted by Gasteiger charge is 2.20. The molecule has 5 heteroatoms. The van der Waals surface area contributed by atoms with Crippen molar-refractivity contribution in [3.05, 3.63) is 33.3 Å². The SMILES string of the molecule is CC(C)(CCBr)NC(=O)c1ccc(Br)c(Cl)c1. The number of carbonyl (C=O) groups excluding carboxylic acids is 1. The molecular weight excluding hydrogens is 369 g/mol. The van der Waals surface area contributed by atoms with Crippen LogP contribution in [0.5, 0.6) is 0 Å². The Balaban J connectivity index is 2.80. The third kappa shape index (κ3) is 4.60. The molecule has 0 heterocycles. The second-order valence-corrected chi connectivity index (χ2v) is 6.46. The smallest absolute Gasteiger partial charge is 0.251 e. The highest BCUT2D eigenvalue weighted by molar-refractivity contribution is 9.10. The van der Waals surface area contributed by atoms with Gasteiger partial charge < -0.3 is 5.32 Å². The highest BCUT2D eigenvalue weighted by atomic mass is 79.9. The Bertz CT molecular complexity index is 421. The molecule has 0 spiro atoms. The van der Waals surface area contributed by atoms with Crippen LogP contribution in [0.3, 0.4) is 0 Å². The van der Waals surface area contributed by atoms with Gasteiger partial charge in [-0.1, -0.05) is 27.5 Å². The average Bonchev–Trinajstić information content (AvgIpc) is 2.21. The Morgan fingerprint density at radius 2 is 2.12 bits per heavy atom. The van der Waals surface area contributed by atoms with Crippen molar-refractivity contribution >= 4 is 49.4 Å². The Labute approximate surface area is 123 Å². The van der Waals surface area contributed by atoms with E-state index < -0.39 is 0 Å². The topological polar surface area (TPSA) is 29.1 Å². The highest BCUT2D eigenvalue weighted by Crippen LogP contribution is 2.23. The molecule has 0 fully saturated rings. The van der Waals surface area contributed by atoms with Crippen LogP contribution in [-0.4, -0.2) is 16.8 Å². The van der Waals surface area contributed by atoms with Crippen LogP contribution >= 0.6 is 43.5 Å². The van der Waals surface area contributed by atoms with E-state index in [9.17, 15) is 4.79 Å². The van der Waals surface area contributed by atoms with Crippen LogP contribution in [-0.2, 0) is 0 Å². The van der Waals surface area contributed by atoms with Crippen LogP contribution in [0.2, 0.25) is 5.02 Å². The van der Waals surface area contributed by atoms with Gasteiger partial charge >= 0.3 is 0 Å². The molecule has 0 aliphatic heterocycles. The summed E-state index contributed by atoms with van der Waals surface area (Å²) in [4.78, 5) is 12.0. The second kappa shape index (κ2) is 6.21. The van der Waals surface area contributed by atoms with Gasteiger partial charge in [0.05, 0.1) is 5.02 Å². The predicted molar refractivity (Wildman–Crippen MR) is 79.1 cm³/mol. The van der Waals surface area contributed by atoms with Gasteiger partial charge in [-0.05, 0) is 54.4 Å². The minimum absolute atomic E-state index is 0.106. The van der Waals surface area contributed by atoms with Crippen LogP contribution in [0, 0.1) is 0 Å². The number of halogens is 3. The van der Waals surface area contributed by atoms with E-state index in [-0.39, 0.29) is 11.4 Å². The normalized spacial score (nSPS) is 11.4. The number of benzene rings is 1. The third-order valence-corrected chi connectivity index (χ3v) is 3.98. The van der Waals surface area contributed by atoms with Crippen LogP contribution < -0.4 is 5.32 Å². The first-order chi connectivity index (χ1) is 7.85. The molecule has 1 aromatic carbocycles. The standard InChI is InChI=1S/C12H14Br2ClNO/c1-12(2,5-6-13)16-11(17)8-3-4-9(14)10(15)7-8/h3-4,7H,5-6H2,1-2H3,(H,16,17). The maximum Gasteiger partial charge on any atom is 0.251 e. The number of hydrogen-bond acceptors (Lipinski definition) is 1. The fourth-order valence-electron chi connectivity index (χ4n) is 1.32. The molecule has 0 unspecified atom stereocenters. The summed E-state index contributed by atoms with van der Waals surface area (Å²) in [5.41, 5.74) is 0.334. The number of rotatable bonds is 4. The molecule has 0 aliphatic rings. The lowest BCUT2D eigenvalue weighted by Gasteiger charge is -2.25. The van der Waals surface area contributed by atoms with Gasteiger partial charge in [0, 0.05) is 20.9 Å². The summed E-state index contributed by atoms with van der Waals surface area (Å²) in [6, 6.07) is 5.18. The summed E-state index contributed by atoms with van der Waals surface area (Å²) < 4.78 is 0.787. The fourth-order valence-corrected chi connectivity index (χ4v) is 2.73. The molecule has 0 aliphatic carbocycles. The van der Waals surface area contributed by atoms with E-state index >= 15 is 0 Å². The summed E-state index contributed by atoms with van der Waals surface area (Å²) >= 11 is 12.6. The molecule has 0 bridgehead atoms. The van der Waals surface area contributed by atoms with Crippen molar-refractivity contribution in [2.45, 2.75) is 25.8 Å². The Morgan fingerprint density at radius 3 is 2.65 bits per heavy atom. The first-order valence-electron chi connectivity index (χ1n) is 5.19. The molecular formula is C12H14Br2ClNO. The van der Waals surface area contributed by atoms with E-state index in [2.05, 4.69) is 37.2 Å². The average molecular weight is 384 g/mol. The van der Waals surface area contributed by atoms with Gasteiger partial charge in [0.1, 0.15) is 0 Å². The first-order valence-corrected chi connectivity index (χ1v) is 7.48. The number of carbonyl (C=O) groups is 1. The Morgan fingerprint density at radius 1 is 1.47 bits per heavy atom. The van der Waals surface area contributed by atoms with Crippen molar-refractivity contribution < 1.29 is 4.79 Å². The monoisotopic (exact) mass is 381 g/mol. The molecule has 0 saturated carbocycles. The summed E-state index contributed by atoms with van der Waals surface area (Å²) in [5.74, 6) is -0.106. The van der Waals surface area contributed by atoms with Crippen LogP contribution in [0.15, 0.2) is 22.7 Å². The van der Waals surface area contributed by atoms with E-state index in [1.807, 2.05) is 13.8 Å². The molecule has 1 amide bonds. The van der Waals surface area contributed by atoms with E-state index in [0.29, 0.717) is 10.6 Å². The van der Waals surface area contributed by atoms with Crippen molar-refractivity contribution in [2.75, 3.05) is 5.33 Å². The molecule has 2 nitrogen and oxygen atoms in total. The van der Waals surface area contributed by atoms with Crippen molar-refractivity contribution in [3.8, 4) is 0 Å². The van der Waals surface area contributed by atoms with Crippen LogP contribution in [0.25, 0.3) is 0 Å². The predicted octanol–water partition coefficient (Wildman–Crippen LogP) is 4.40. The Kier molecular flexibility index (Phi) is 5.48. The van der Waals surface area contributed by atoms with Gasteiger partial charge in [-0.3, -0.25) is 4.79 Å². The van der Waals surface area contributed by atoms with E-state index in [1.165, 1.54) is 0 Å². The minimum atomic E-state index is -0.236. The zero-order valence-electron chi connectivity index (χ0n) is 9.69. The second-order valence-electron chi connectivity index (χ2n) is 4.41. The Hall–Kier alpha value is -0.0600. The van der Waals surface area contributed by atoms with Gasteiger partial charge in [0.15, 0.2) is 0 Å². The van der Waals surface area contributed by atoms with E-state index in [4.69, 9.17) is 11.6 Å². The number of amides is 1. The van der Waals surface area contributed by atoms with Crippen molar-refractivity contribution in [2.24, 2.45) is 0 Å². The molecule has 1 aromatic rings. The molecule has 1 N–H and O–H groups in total. The van der Waals surface area contributed by atoms with E-state index in [1.54, 1.807) is 18.2 Å². The largest absolute Gasteiger partial charge is 0.347 e. The lowest BCUT2D eigenvalue weighted by atomic mass is 10.0. The molecule has 0 radical (unpaired) electrons. The summed E-state index contributed by atoms with van der Waals surface area (Å²) in [7, 11) is 0. The zero-order chi connectivity index (χ0) is 13.1. The minimum Gasteiger partial charge on any atom is -0.347 e. The maximum atomic E-state index is 12.0. The molecule has 0 saturated heterocycles. The number of nitrogens with one attached hydrogen (secondary N) is 1. The lowest BCUT2D eigenvalue weighted by Crippen LogP contribution is -2.43. The maximum absolute atomic E-state index is 12.0. The fraction of sp³-hybridized carbons (Fsp3) is 0.417. The molecule has 0 aromatic heterocycles. The lowest BCUT2D eigenvalue weighted by molar-refractivity contribution is 0.0912. The van der Waals surface area contributed by atoms with Gasteiger partial charge in [-0.15, -0.1) is 0 Å². The van der Waals surface area contributed by atoms with Crippen molar-refractivity contribution in [1.29, 1.82) is 0 Å². The van der Waals surface area contributed by atoms with Crippen LogP contribution in [0.1, 0.15) is 30.6 Å². The van der Waals surface area contributed by atoms with Crippen LogP contribution in [0.4, 0.5) is 0 Å². The number of alkyl halides is 1. The summed E-state index contributed by atoms with van der Waals surface area (Å²) in [6.07, 6.45) is 0.864. The molecule has 0 atom stereocenters. The first kappa shape index (κ1) is 15.0. The van der Waals surface area contributed by atoms with Gasteiger partial charge in [0.25, 0.3) is 5.91 Å². The van der Waals surface area contributed by atoms with E-state index in [0.717, 1.165) is 16.2 Å². The molecule has 94 valence electrons. The van der Waals surface area contributed by atoms with Crippen molar-refractivity contribution in [3.63, 3.8) is 0 Å². The third-order valence-electron chi connectivity index (χ3n) is 2.35. The number of hydrogen-bond donors (Lipinski definition) is 1.